The molecule has 7 heteroatoms. The lowest BCUT2D eigenvalue weighted by atomic mass is 9.91. The molecule has 0 bridgehead atoms. The second-order valence-corrected chi connectivity index (χ2v) is 6.30. The molecule has 0 aliphatic carbocycles. The van der Waals surface area contributed by atoms with E-state index in [1.807, 2.05) is 6.92 Å². The molecule has 0 atom stereocenters. The normalized spacial score (nSPS) is 12.0. The van der Waals surface area contributed by atoms with E-state index in [1.165, 1.54) is 24.3 Å². The smallest absolute Gasteiger partial charge is 0.314 e. The number of esters is 1. The minimum absolute atomic E-state index is 0.228. The lowest BCUT2D eigenvalue weighted by Gasteiger charge is -2.20. The maximum atomic E-state index is 11.7. The summed E-state index contributed by atoms with van der Waals surface area (Å²) in [6.07, 6.45) is 0.648. The van der Waals surface area contributed by atoms with E-state index in [1.54, 1.807) is 13.8 Å². The van der Waals surface area contributed by atoms with Crippen LogP contribution in [-0.2, 0) is 19.6 Å². The van der Waals surface area contributed by atoms with Gasteiger partial charge in [0.2, 0.25) is 6.79 Å². The van der Waals surface area contributed by atoms with Crippen molar-refractivity contribution in [1.82, 2.24) is 0 Å². The zero-order chi connectivity index (χ0) is 15.4. The minimum Gasteiger partial charge on any atom is -0.457 e. The summed E-state index contributed by atoms with van der Waals surface area (Å²) in [6.45, 7) is 5.18. The van der Waals surface area contributed by atoms with E-state index in [9.17, 15) is 13.2 Å². The van der Waals surface area contributed by atoms with Crippen LogP contribution in [0, 0.1) is 5.41 Å². The molecular weight excluding hydrogens is 284 g/mol. The van der Waals surface area contributed by atoms with Gasteiger partial charge in [-0.2, -0.15) is 8.42 Å². The van der Waals surface area contributed by atoms with E-state index in [4.69, 9.17) is 14.0 Å². The molecule has 6 nitrogen and oxygen atoms in total. The Morgan fingerprint density at radius 2 is 1.80 bits per heavy atom. The van der Waals surface area contributed by atoms with Crippen molar-refractivity contribution in [1.29, 1.82) is 0 Å². The SMILES string of the molecule is CCC(C)(C)C(=O)OCOc1ccc(S(=O)(=O)O)cc1. The van der Waals surface area contributed by atoms with Crippen molar-refractivity contribution in [2.45, 2.75) is 32.1 Å². The van der Waals surface area contributed by atoms with Gasteiger partial charge in [-0.25, -0.2) is 0 Å². The molecular formula is C13H18O6S. The van der Waals surface area contributed by atoms with Crippen molar-refractivity contribution in [2.24, 2.45) is 5.41 Å². The third kappa shape index (κ3) is 4.50. The van der Waals surface area contributed by atoms with Gasteiger partial charge in [-0.3, -0.25) is 9.35 Å². The van der Waals surface area contributed by atoms with E-state index >= 15 is 0 Å². The molecule has 0 heterocycles. The van der Waals surface area contributed by atoms with Crippen LogP contribution < -0.4 is 4.74 Å². The van der Waals surface area contributed by atoms with Crippen molar-refractivity contribution in [3.8, 4) is 5.75 Å². The zero-order valence-corrected chi connectivity index (χ0v) is 12.4. The van der Waals surface area contributed by atoms with Crippen molar-refractivity contribution in [2.75, 3.05) is 6.79 Å². The van der Waals surface area contributed by atoms with E-state index in [-0.39, 0.29) is 17.7 Å². The molecule has 0 fully saturated rings. The van der Waals surface area contributed by atoms with Gasteiger partial charge in [-0.1, -0.05) is 6.92 Å². The van der Waals surface area contributed by atoms with Crippen LogP contribution in [0.25, 0.3) is 0 Å². The van der Waals surface area contributed by atoms with Crippen LogP contribution in [0.1, 0.15) is 27.2 Å². The van der Waals surface area contributed by atoms with Crippen molar-refractivity contribution in [3.05, 3.63) is 24.3 Å². The fourth-order valence-electron chi connectivity index (χ4n) is 1.20. The molecule has 20 heavy (non-hydrogen) atoms. The Morgan fingerprint density at radius 3 is 2.25 bits per heavy atom. The summed E-state index contributed by atoms with van der Waals surface area (Å²) in [5.41, 5.74) is -0.571. The molecule has 0 unspecified atom stereocenters. The summed E-state index contributed by atoms with van der Waals surface area (Å²) in [5, 5.41) is 0. The third-order valence-electron chi connectivity index (χ3n) is 2.97. The Hall–Kier alpha value is -1.60. The van der Waals surface area contributed by atoms with Crippen LogP contribution in [0.2, 0.25) is 0 Å². The monoisotopic (exact) mass is 302 g/mol. The van der Waals surface area contributed by atoms with E-state index in [0.29, 0.717) is 12.2 Å². The van der Waals surface area contributed by atoms with Gasteiger partial charge in [0.15, 0.2) is 0 Å². The summed E-state index contributed by atoms with van der Waals surface area (Å²) < 4.78 is 40.6. The van der Waals surface area contributed by atoms with Crippen LogP contribution in [-0.4, -0.2) is 25.7 Å². The van der Waals surface area contributed by atoms with Crippen molar-refractivity contribution >= 4 is 16.1 Å². The maximum absolute atomic E-state index is 11.7. The molecule has 1 N–H and O–H groups in total. The fourth-order valence-corrected chi connectivity index (χ4v) is 1.68. The first-order chi connectivity index (χ1) is 9.16. The zero-order valence-electron chi connectivity index (χ0n) is 11.6. The van der Waals surface area contributed by atoms with Crippen LogP contribution in [0.3, 0.4) is 0 Å². The van der Waals surface area contributed by atoms with Crippen molar-refractivity contribution in [3.63, 3.8) is 0 Å². The van der Waals surface area contributed by atoms with Gasteiger partial charge < -0.3 is 9.47 Å². The highest BCUT2D eigenvalue weighted by Crippen LogP contribution is 2.21. The fraction of sp³-hybridized carbons (Fsp3) is 0.462. The Labute approximate surface area is 118 Å². The molecule has 0 aliphatic rings. The second-order valence-electron chi connectivity index (χ2n) is 4.88. The van der Waals surface area contributed by atoms with Crippen molar-refractivity contribution < 1.29 is 27.2 Å². The Balaban J connectivity index is 2.54. The molecule has 0 aliphatic heterocycles. The van der Waals surface area contributed by atoms with Gasteiger partial charge in [0.25, 0.3) is 10.1 Å². The molecule has 1 aromatic rings. The summed E-state index contributed by atoms with van der Waals surface area (Å²) in [6, 6.07) is 5.12. The number of hydrogen-bond donors (Lipinski definition) is 1. The molecule has 0 aromatic heterocycles. The molecule has 0 spiro atoms. The number of carbonyl (C=O) groups excluding carboxylic acids is 1. The lowest BCUT2D eigenvalue weighted by Crippen LogP contribution is -2.27. The number of hydrogen-bond acceptors (Lipinski definition) is 5. The number of rotatable bonds is 6. The third-order valence-corrected chi connectivity index (χ3v) is 3.84. The van der Waals surface area contributed by atoms with Gasteiger partial charge in [0, 0.05) is 0 Å². The van der Waals surface area contributed by atoms with E-state index in [0.717, 1.165) is 0 Å². The largest absolute Gasteiger partial charge is 0.457 e. The molecule has 1 rings (SSSR count). The molecule has 0 amide bonds. The average Bonchev–Trinajstić information content (AvgIpc) is 2.38. The van der Waals surface area contributed by atoms with Gasteiger partial charge in [0.1, 0.15) is 5.75 Å². The average molecular weight is 302 g/mol. The Bertz CT molecular complexity index is 559. The van der Waals surface area contributed by atoms with Gasteiger partial charge >= 0.3 is 5.97 Å². The van der Waals surface area contributed by atoms with E-state index < -0.39 is 15.5 Å². The number of ether oxygens (including phenoxy) is 2. The summed E-state index contributed by atoms with van der Waals surface area (Å²) in [7, 11) is -4.22. The standard InChI is InChI=1S/C13H18O6S/c1-4-13(2,3)12(14)19-9-18-10-5-7-11(8-6-10)20(15,16)17/h5-8H,4,9H2,1-3H3,(H,15,16,17). The Morgan fingerprint density at radius 1 is 1.25 bits per heavy atom. The molecule has 1 aromatic carbocycles. The van der Waals surface area contributed by atoms with Crippen LogP contribution in [0.5, 0.6) is 5.75 Å². The first-order valence-corrected chi connectivity index (χ1v) is 7.48. The minimum atomic E-state index is -4.22. The highest BCUT2D eigenvalue weighted by Gasteiger charge is 2.27. The van der Waals surface area contributed by atoms with Gasteiger partial charge in [-0.05, 0) is 44.5 Å². The predicted molar refractivity (Wildman–Crippen MR) is 71.9 cm³/mol. The first-order valence-electron chi connectivity index (χ1n) is 6.04. The number of carbonyl (C=O) groups is 1. The molecule has 0 saturated heterocycles. The summed E-state index contributed by atoms with van der Waals surface area (Å²) in [4.78, 5) is 11.4. The highest BCUT2D eigenvalue weighted by molar-refractivity contribution is 7.85. The topological polar surface area (TPSA) is 89.9 Å². The lowest BCUT2D eigenvalue weighted by molar-refractivity contribution is -0.160. The molecule has 0 saturated carbocycles. The van der Waals surface area contributed by atoms with Gasteiger partial charge in [0.05, 0.1) is 10.3 Å². The highest BCUT2D eigenvalue weighted by atomic mass is 32.2. The first kappa shape index (κ1) is 16.5. The number of benzene rings is 1. The van der Waals surface area contributed by atoms with Crippen LogP contribution in [0.15, 0.2) is 29.2 Å². The van der Waals surface area contributed by atoms with Gasteiger partial charge in [-0.15, -0.1) is 0 Å². The predicted octanol–water partition coefficient (Wildman–Crippen LogP) is 2.25. The quantitative estimate of drug-likeness (QED) is 0.492. The Kier molecular flexibility index (Phi) is 5.13. The second kappa shape index (κ2) is 6.23. The van der Waals surface area contributed by atoms with Crippen LogP contribution in [0.4, 0.5) is 0 Å². The maximum Gasteiger partial charge on any atom is 0.314 e. The summed E-state index contributed by atoms with van der Waals surface area (Å²) >= 11 is 0. The van der Waals surface area contributed by atoms with Crippen LogP contribution >= 0.6 is 0 Å². The molecule has 0 radical (unpaired) electrons. The van der Waals surface area contributed by atoms with E-state index in [2.05, 4.69) is 0 Å². The summed E-state index contributed by atoms with van der Waals surface area (Å²) in [5.74, 6) is -0.0333. The molecule has 112 valence electrons.